The van der Waals surface area contributed by atoms with Gasteiger partial charge in [-0.15, -0.1) is 0 Å². The van der Waals surface area contributed by atoms with Crippen molar-refractivity contribution >= 4 is 11.6 Å². The molecule has 0 spiro atoms. The molecule has 3 N–H and O–H groups in total. The maximum atomic E-state index is 12.1. The van der Waals surface area contributed by atoms with E-state index in [1.807, 2.05) is 4.90 Å². The third kappa shape index (κ3) is 2.19. The average Bonchev–Trinajstić information content (AvgIpc) is 2.75. The molecule has 1 aliphatic heterocycles. The molecule has 0 bridgehead atoms. The zero-order chi connectivity index (χ0) is 11.5. The number of aromatic nitrogens is 1. The minimum absolute atomic E-state index is 0.00144. The lowest BCUT2D eigenvalue weighted by Crippen LogP contribution is -2.45. The summed E-state index contributed by atoms with van der Waals surface area (Å²) < 4.78 is 5.52. The van der Waals surface area contributed by atoms with E-state index in [4.69, 9.17) is 10.5 Å². The fourth-order valence-corrected chi connectivity index (χ4v) is 1.86. The number of carbonyl (C=O) groups is 1. The quantitative estimate of drug-likeness (QED) is 0.780. The number of H-pyrrole nitrogens is 1. The van der Waals surface area contributed by atoms with Crippen LogP contribution in [0.3, 0.4) is 0 Å². The normalized spacial score (nSPS) is 21.1. The van der Waals surface area contributed by atoms with Gasteiger partial charge < -0.3 is 20.4 Å². The number of rotatable bonds is 2. The molecule has 0 radical (unpaired) electrons. The first-order valence-electron chi connectivity index (χ1n) is 5.55. The van der Waals surface area contributed by atoms with Gasteiger partial charge in [0.25, 0.3) is 5.91 Å². The Labute approximate surface area is 94.6 Å². The number of amides is 1. The average molecular weight is 223 g/mol. The topological polar surface area (TPSA) is 71.3 Å². The van der Waals surface area contributed by atoms with Crippen LogP contribution in [0.25, 0.3) is 0 Å². The zero-order valence-electron chi connectivity index (χ0n) is 9.40. The number of ether oxygens (including phenoxy) is 1. The Kier molecular flexibility index (Phi) is 3.14. The molecule has 1 aromatic rings. The number of nitrogens with one attached hydrogen (secondary N) is 1. The molecule has 1 saturated heterocycles. The lowest BCUT2D eigenvalue weighted by atomic mass is 10.2. The number of nitrogen functional groups attached to an aromatic ring is 1. The van der Waals surface area contributed by atoms with Crippen LogP contribution in [0, 0.1) is 0 Å². The minimum atomic E-state index is -0.00144. The van der Waals surface area contributed by atoms with Gasteiger partial charge in [-0.05, 0) is 12.5 Å². The summed E-state index contributed by atoms with van der Waals surface area (Å²) >= 11 is 0. The molecule has 2 heterocycles. The second-order valence-electron chi connectivity index (χ2n) is 4.00. The number of hydrogen-bond acceptors (Lipinski definition) is 3. The minimum Gasteiger partial charge on any atom is -0.397 e. The number of morpholine rings is 1. The van der Waals surface area contributed by atoms with Gasteiger partial charge in [0, 0.05) is 25.0 Å². The van der Waals surface area contributed by atoms with Gasteiger partial charge in [0.1, 0.15) is 5.69 Å². The maximum absolute atomic E-state index is 12.1. The van der Waals surface area contributed by atoms with Crippen molar-refractivity contribution < 1.29 is 9.53 Å². The molecule has 5 heteroatoms. The highest BCUT2D eigenvalue weighted by atomic mass is 16.5. The molecule has 5 nitrogen and oxygen atoms in total. The van der Waals surface area contributed by atoms with Crippen LogP contribution in [0.5, 0.6) is 0 Å². The van der Waals surface area contributed by atoms with Gasteiger partial charge >= 0.3 is 0 Å². The summed E-state index contributed by atoms with van der Waals surface area (Å²) in [5, 5.41) is 0. The summed E-state index contributed by atoms with van der Waals surface area (Å²) in [6.07, 6.45) is 2.71. The van der Waals surface area contributed by atoms with Crippen LogP contribution in [0.2, 0.25) is 0 Å². The van der Waals surface area contributed by atoms with E-state index in [-0.39, 0.29) is 12.0 Å². The fourth-order valence-electron chi connectivity index (χ4n) is 1.86. The monoisotopic (exact) mass is 223 g/mol. The Hall–Kier alpha value is -1.49. The highest BCUT2D eigenvalue weighted by molar-refractivity contribution is 5.93. The third-order valence-electron chi connectivity index (χ3n) is 2.82. The molecular formula is C11H17N3O2. The largest absolute Gasteiger partial charge is 0.397 e. The Morgan fingerprint density at radius 2 is 2.56 bits per heavy atom. The predicted octanol–water partition coefficient (Wildman–Crippen LogP) is 0.848. The van der Waals surface area contributed by atoms with Gasteiger partial charge in [-0.1, -0.05) is 6.92 Å². The van der Waals surface area contributed by atoms with Crippen LogP contribution >= 0.6 is 0 Å². The first-order valence-corrected chi connectivity index (χ1v) is 5.55. The molecule has 1 atom stereocenters. The summed E-state index contributed by atoms with van der Waals surface area (Å²) in [4.78, 5) is 16.7. The first-order chi connectivity index (χ1) is 7.70. The number of nitrogens with two attached hydrogens (primary N) is 1. The second-order valence-corrected chi connectivity index (χ2v) is 4.00. The molecule has 1 aliphatic rings. The lowest BCUT2D eigenvalue weighted by molar-refractivity contribution is -0.0227. The Balaban J connectivity index is 2.04. The smallest absolute Gasteiger partial charge is 0.270 e. The van der Waals surface area contributed by atoms with E-state index in [1.54, 1.807) is 12.3 Å². The molecule has 1 aromatic heterocycles. The third-order valence-corrected chi connectivity index (χ3v) is 2.82. The van der Waals surface area contributed by atoms with Crippen LogP contribution in [-0.2, 0) is 4.74 Å². The van der Waals surface area contributed by atoms with E-state index >= 15 is 0 Å². The van der Waals surface area contributed by atoms with E-state index in [0.717, 1.165) is 6.42 Å². The SMILES string of the molecule is CCC1CN(C(=O)c2cc(N)c[nH]2)CCO1. The highest BCUT2D eigenvalue weighted by Crippen LogP contribution is 2.13. The molecule has 16 heavy (non-hydrogen) atoms. The standard InChI is InChI=1S/C11H17N3O2/c1-2-9-7-14(3-4-16-9)11(15)10-5-8(12)6-13-10/h5-6,9,13H,2-4,7,12H2,1H3. The van der Waals surface area contributed by atoms with Crippen molar-refractivity contribution in [2.24, 2.45) is 0 Å². The number of anilines is 1. The van der Waals surface area contributed by atoms with Crippen molar-refractivity contribution in [3.05, 3.63) is 18.0 Å². The van der Waals surface area contributed by atoms with Gasteiger partial charge in [0.15, 0.2) is 0 Å². The number of carbonyl (C=O) groups excluding carboxylic acids is 1. The van der Waals surface area contributed by atoms with Gasteiger partial charge in [0.05, 0.1) is 12.7 Å². The van der Waals surface area contributed by atoms with Crippen molar-refractivity contribution in [1.82, 2.24) is 9.88 Å². The molecule has 2 rings (SSSR count). The Morgan fingerprint density at radius 1 is 1.75 bits per heavy atom. The van der Waals surface area contributed by atoms with Crippen molar-refractivity contribution in [2.75, 3.05) is 25.4 Å². The predicted molar refractivity (Wildman–Crippen MR) is 61.1 cm³/mol. The lowest BCUT2D eigenvalue weighted by Gasteiger charge is -2.32. The van der Waals surface area contributed by atoms with Crippen LogP contribution in [-0.4, -0.2) is 41.6 Å². The zero-order valence-corrected chi connectivity index (χ0v) is 9.40. The molecule has 0 aromatic carbocycles. The molecule has 0 aliphatic carbocycles. The molecule has 88 valence electrons. The van der Waals surface area contributed by atoms with E-state index in [1.165, 1.54) is 0 Å². The van der Waals surface area contributed by atoms with Crippen molar-refractivity contribution in [2.45, 2.75) is 19.4 Å². The first kappa shape index (κ1) is 11.0. The van der Waals surface area contributed by atoms with Gasteiger partial charge in [-0.25, -0.2) is 0 Å². The van der Waals surface area contributed by atoms with Gasteiger partial charge in [-0.3, -0.25) is 4.79 Å². The molecular weight excluding hydrogens is 206 g/mol. The second kappa shape index (κ2) is 4.57. The highest BCUT2D eigenvalue weighted by Gasteiger charge is 2.24. The molecule has 0 saturated carbocycles. The summed E-state index contributed by atoms with van der Waals surface area (Å²) in [6, 6.07) is 1.67. The Morgan fingerprint density at radius 3 is 3.19 bits per heavy atom. The van der Waals surface area contributed by atoms with Crippen molar-refractivity contribution in [3.63, 3.8) is 0 Å². The summed E-state index contributed by atoms with van der Waals surface area (Å²) in [7, 11) is 0. The van der Waals surface area contributed by atoms with Gasteiger partial charge in [-0.2, -0.15) is 0 Å². The van der Waals surface area contributed by atoms with Crippen molar-refractivity contribution in [3.8, 4) is 0 Å². The van der Waals surface area contributed by atoms with E-state index in [2.05, 4.69) is 11.9 Å². The number of hydrogen-bond donors (Lipinski definition) is 2. The summed E-state index contributed by atoms with van der Waals surface area (Å²) in [6.45, 7) is 3.98. The van der Waals surface area contributed by atoms with Crippen LogP contribution in [0.15, 0.2) is 12.3 Å². The maximum Gasteiger partial charge on any atom is 0.270 e. The summed E-state index contributed by atoms with van der Waals surface area (Å²) in [5.74, 6) is -0.00144. The molecule has 1 unspecified atom stereocenters. The van der Waals surface area contributed by atoms with Crippen LogP contribution in [0.4, 0.5) is 5.69 Å². The molecule has 1 fully saturated rings. The van der Waals surface area contributed by atoms with Crippen LogP contribution in [0.1, 0.15) is 23.8 Å². The fraction of sp³-hybridized carbons (Fsp3) is 0.545. The Bertz CT molecular complexity index is 375. The van der Waals surface area contributed by atoms with Crippen molar-refractivity contribution in [1.29, 1.82) is 0 Å². The van der Waals surface area contributed by atoms with Gasteiger partial charge in [0.2, 0.25) is 0 Å². The van der Waals surface area contributed by atoms with E-state index in [9.17, 15) is 4.79 Å². The molecule has 1 amide bonds. The van der Waals surface area contributed by atoms with Crippen LogP contribution < -0.4 is 5.73 Å². The number of aromatic amines is 1. The van der Waals surface area contributed by atoms with E-state index < -0.39 is 0 Å². The van der Waals surface area contributed by atoms with E-state index in [0.29, 0.717) is 31.1 Å². The summed E-state index contributed by atoms with van der Waals surface area (Å²) in [5.41, 5.74) is 6.71. The number of nitrogens with zero attached hydrogens (tertiary/aromatic N) is 1.